The molecule has 1 aromatic heterocycles. The van der Waals surface area contributed by atoms with Crippen LogP contribution in [0.2, 0.25) is 0 Å². The van der Waals surface area contributed by atoms with E-state index in [-0.39, 0.29) is 11.5 Å². The third-order valence-corrected chi connectivity index (χ3v) is 6.18. The molecule has 1 saturated heterocycles. The number of piperazine rings is 1. The van der Waals surface area contributed by atoms with Crippen LogP contribution in [0.1, 0.15) is 42.6 Å². The average molecular weight is 432 g/mol. The molecule has 0 spiro atoms. The van der Waals surface area contributed by atoms with Crippen molar-refractivity contribution in [2.75, 3.05) is 18.0 Å². The molecular formula is C25H29N5O2. The predicted octanol–water partition coefficient (Wildman–Crippen LogP) is 2.52. The summed E-state index contributed by atoms with van der Waals surface area (Å²) >= 11 is 0. The van der Waals surface area contributed by atoms with Crippen LogP contribution in [0.3, 0.4) is 0 Å². The second-order valence-corrected chi connectivity index (χ2v) is 9.20. The maximum absolute atomic E-state index is 13.3. The van der Waals surface area contributed by atoms with Gasteiger partial charge in [0.2, 0.25) is 0 Å². The van der Waals surface area contributed by atoms with E-state index in [2.05, 4.69) is 34.4 Å². The van der Waals surface area contributed by atoms with Crippen molar-refractivity contribution in [3.05, 3.63) is 70.3 Å². The van der Waals surface area contributed by atoms with E-state index < -0.39 is 0 Å². The Morgan fingerprint density at radius 2 is 1.91 bits per heavy atom. The molecule has 5 rings (SSSR count). The predicted molar refractivity (Wildman–Crippen MR) is 126 cm³/mol. The Labute approximate surface area is 187 Å². The SMILES string of the molecule is C[C@@H]1CN(c2ccc3ncn(Cc4cccc(C(=O)NC5CC5)c4)c(=O)c3c2)C[C@H](C)N1. The number of benzene rings is 2. The van der Waals surface area contributed by atoms with Crippen molar-refractivity contribution in [1.82, 2.24) is 20.2 Å². The van der Waals surface area contributed by atoms with Crippen molar-refractivity contribution in [3.8, 4) is 0 Å². The number of nitrogens with zero attached hydrogens (tertiary/aromatic N) is 3. The van der Waals surface area contributed by atoms with Crippen molar-refractivity contribution in [1.29, 1.82) is 0 Å². The van der Waals surface area contributed by atoms with Gasteiger partial charge in [0.05, 0.1) is 23.8 Å². The van der Waals surface area contributed by atoms with Crippen LogP contribution in [-0.2, 0) is 6.54 Å². The standard InChI is InChI=1S/C25H29N5O2/c1-16-12-29(13-17(2)27-16)21-8-9-23-22(11-21)25(32)30(15-26-23)14-18-4-3-5-19(10-18)24(31)28-20-6-7-20/h3-5,8-11,15-17,20,27H,6-7,12-14H2,1-2H3,(H,28,31)/t16-,17+. The van der Waals surface area contributed by atoms with E-state index in [9.17, 15) is 9.59 Å². The van der Waals surface area contributed by atoms with Crippen molar-refractivity contribution >= 4 is 22.5 Å². The molecule has 2 heterocycles. The van der Waals surface area contributed by atoms with Gasteiger partial charge in [0.25, 0.3) is 11.5 Å². The first-order valence-electron chi connectivity index (χ1n) is 11.4. The molecule has 2 fully saturated rings. The summed E-state index contributed by atoms with van der Waals surface area (Å²) in [5.74, 6) is -0.0533. The molecule has 1 amide bonds. The molecule has 7 heteroatoms. The zero-order valence-electron chi connectivity index (χ0n) is 18.5. The lowest BCUT2D eigenvalue weighted by atomic mass is 10.1. The highest BCUT2D eigenvalue weighted by Gasteiger charge is 2.24. The summed E-state index contributed by atoms with van der Waals surface area (Å²) in [7, 11) is 0. The lowest BCUT2D eigenvalue weighted by molar-refractivity contribution is 0.0951. The fraction of sp³-hybridized carbons (Fsp3) is 0.400. The highest BCUT2D eigenvalue weighted by Crippen LogP contribution is 2.22. The summed E-state index contributed by atoms with van der Waals surface area (Å²) in [4.78, 5) is 32.5. The first kappa shape index (κ1) is 20.7. The molecule has 0 unspecified atom stereocenters. The highest BCUT2D eigenvalue weighted by atomic mass is 16.1. The molecule has 0 bridgehead atoms. The average Bonchev–Trinajstić information content (AvgIpc) is 3.59. The zero-order chi connectivity index (χ0) is 22.2. The van der Waals surface area contributed by atoms with Crippen LogP contribution < -0.4 is 21.1 Å². The number of nitrogens with one attached hydrogen (secondary N) is 2. The number of anilines is 1. The lowest BCUT2D eigenvalue weighted by Gasteiger charge is -2.37. The first-order chi connectivity index (χ1) is 15.5. The first-order valence-corrected chi connectivity index (χ1v) is 11.4. The Morgan fingerprint density at radius 1 is 1.12 bits per heavy atom. The molecule has 2 atom stereocenters. The Morgan fingerprint density at radius 3 is 2.66 bits per heavy atom. The van der Waals surface area contributed by atoms with Crippen molar-refractivity contribution in [2.45, 2.75) is 51.4 Å². The number of amides is 1. The number of fused-ring (bicyclic) bond motifs is 1. The van der Waals surface area contributed by atoms with Gasteiger partial charge in [0, 0.05) is 42.5 Å². The summed E-state index contributed by atoms with van der Waals surface area (Å²) in [6.07, 6.45) is 3.70. The minimum absolute atomic E-state index is 0.0533. The fourth-order valence-electron chi connectivity index (χ4n) is 4.50. The summed E-state index contributed by atoms with van der Waals surface area (Å²) in [6, 6.07) is 14.5. The summed E-state index contributed by atoms with van der Waals surface area (Å²) in [5, 5.41) is 7.17. The monoisotopic (exact) mass is 431 g/mol. The largest absolute Gasteiger partial charge is 0.368 e. The van der Waals surface area contributed by atoms with Crippen LogP contribution in [0.25, 0.3) is 10.9 Å². The molecule has 7 nitrogen and oxygen atoms in total. The maximum Gasteiger partial charge on any atom is 0.261 e. The van der Waals surface area contributed by atoms with Crippen molar-refractivity contribution in [3.63, 3.8) is 0 Å². The van der Waals surface area contributed by atoms with Crippen LogP contribution in [0.15, 0.2) is 53.6 Å². The van der Waals surface area contributed by atoms with Gasteiger partial charge in [-0.1, -0.05) is 12.1 Å². The summed E-state index contributed by atoms with van der Waals surface area (Å²) in [5.41, 5.74) is 3.20. The van der Waals surface area contributed by atoms with Gasteiger partial charge in [-0.2, -0.15) is 0 Å². The number of hydrogen-bond donors (Lipinski definition) is 2. The molecule has 2 N–H and O–H groups in total. The van der Waals surface area contributed by atoms with E-state index in [0.717, 1.165) is 37.2 Å². The molecule has 1 aliphatic carbocycles. The fourth-order valence-corrected chi connectivity index (χ4v) is 4.50. The van der Waals surface area contributed by atoms with E-state index in [1.807, 2.05) is 42.5 Å². The Kier molecular flexibility index (Phi) is 5.43. The number of aromatic nitrogens is 2. The van der Waals surface area contributed by atoms with Crippen LogP contribution in [0.4, 0.5) is 5.69 Å². The third kappa shape index (κ3) is 4.39. The van der Waals surface area contributed by atoms with E-state index in [1.165, 1.54) is 0 Å². The highest BCUT2D eigenvalue weighted by molar-refractivity contribution is 5.94. The number of carbonyl (C=O) groups is 1. The van der Waals surface area contributed by atoms with Crippen LogP contribution >= 0.6 is 0 Å². The molecule has 2 aliphatic rings. The van der Waals surface area contributed by atoms with Gasteiger partial charge < -0.3 is 15.5 Å². The molecule has 32 heavy (non-hydrogen) atoms. The van der Waals surface area contributed by atoms with E-state index in [4.69, 9.17) is 0 Å². The minimum atomic E-state index is -0.0686. The zero-order valence-corrected chi connectivity index (χ0v) is 18.5. The van der Waals surface area contributed by atoms with Gasteiger partial charge in [0.15, 0.2) is 0 Å². The molecule has 3 aromatic rings. The molecule has 0 radical (unpaired) electrons. The van der Waals surface area contributed by atoms with Crippen LogP contribution in [0.5, 0.6) is 0 Å². The topological polar surface area (TPSA) is 79.3 Å². The molecule has 1 saturated carbocycles. The van der Waals surface area contributed by atoms with Gasteiger partial charge >= 0.3 is 0 Å². The molecule has 166 valence electrons. The van der Waals surface area contributed by atoms with E-state index in [0.29, 0.717) is 41.1 Å². The van der Waals surface area contributed by atoms with Gasteiger partial charge in [-0.3, -0.25) is 14.2 Å². The van der Waals surface area contributed by atoms with Gasteiger partial charge in [-0.05, 0) is 62.6 Å². The second-order valence-electron chi connectivity index (χ2n) is 9.20. The summed E-state index contributed by atoms with van der Waals surface area (Å²) in [6.45, 7) is 6.53. The van der Waals surface area contributed by atoms with Gasteiger partial charge in [0.1, 0.15) is 0 Å². The van der Waals surface area contributed by atoms with Gasteiger partial charge in [-0.15, -0.1) is 0 Å². The normalized spacial score (nSPS) is 21.0. The Hall–Kier alpha value is -3.19. The van der Waals surface area contributed by atoms with Crippen LogP contribution in [-0.4, -0.2) is 46.7 Å². The molecule has 1 aliphatic heterocycles. The number of hydrogen-bond acceptors (Lipinski definition) is 5. The van der Waals surface area contributed by atoms with Crippen molar-refractivity contribution in [2.24, 2.45) is 0 Å². The Balaban J connectivity index is 1.42. The maximum atomic E-state index is 13.3. The van der Waals surface area contributed by atoms with Gasteiger partial charge in [-0.25, -0.2) is 4.98 Å². The number of carbonyl (C=O) groups excluding carboxylic acids is 1. The Bertz CT molecular complexity index is 1210. The smallest absolute Gasteiger partial charge is 0.261 e. The number of rotatable bonds is 5. The minimum Gasteiger partial charge on any atom is -0.368 e. The lowest BCUT2D eigenvalue weighted by Crippen LogP contribution is -2.54. The second kappa shape index (κ2) is 8.39. The third-order valence-electron chi connectivity index (χ3n) is 6.18. The van der Waals surface area contributed by atoms with E-state index >= 15 is 0 Å². The van der Waals surface area contributed by atoms with Crippen LogP contribution in [0, 0.1) is 0 Å². The molecular weight excluding hydrogens is 402 g/mol. The quantitative estimate of drug-likeness (QED) is 0.649. The summed E-state index contributed by atoms with van der Waals surface area (Å²) < 4.78 is 1.62. The molecule has 2 aromatic carbocycles. The van der Waals surface area contributed by atoms with E-state index in [1.54, 1.807) is 10.9 Å². The van der Waals surface area contributed by atoms with Crippen molar-refractivity contribution < 1.29 is 4.79 Å².